The molecule has 0 unspecified atom stereocenters. The number of carboxylic acid groups (broad SMARTS) is 1. The summed E-state index contributed by atoms with van der Waals surface area (Å²) in [6.07, 6.45) is 1.03. The largest absolute Gasteiger partial charge is 0.478 e. The molecule has 2 rings (SSSR count). The van der Waals surface area contributed by atoms with E-state index in [9.17, 15) is 14.4 Å². The molecule has 0 saturated carbocycles. The van der Waals surface area contributed by atoms with Gasteiger partial charge >= 0.3 is 11.6 Å². The Morgan fingerprint density at radius 2 is 2.11 bits per heavy atom. The minimum atomic E-state index is -1.11. The lowest BCUT2D eigenvalue weighted by Crippen LogP contribution is -2.14. The van der Waals surface area contributed by atoms with Gasteiger partial charge in [0.1, 0.15) is 11.3 Å². The highest BCUT2D eigenvalue weighted by Crippen LogP contribution is 2.27. The van der Waals surface area contributed by atoms with Crippen LogP contribution in [0, 0.1) is 6.92 Å². The minimum absolute atomic E-state index is 0.0354. The van der Waals surface area contributed by atoms with Crippen molar-refractivity contribution in [1.82, 2.24) is 0 Å². The van der Waals surface area contributed by atoms with Crippen molar-refractivity contribution in [1.29, 1.82) is 0 Å². The summed E-state index contributed by atoms with van der Waals surface area (Å²) in [5.74, 6) is -1.65. The first-order chi connectivity index (χ1) is 8.97. The number of aromatic carboxylic acids is 1. The van der Waals surface area contributed by atoms with Crippen LogP contribution in [0.15, 0.2) is 33.7 Å². The van der Waals surface area contributed by atoms with E-state index in [2.05, 4.69) is 9.73 Å². The fourth-order valence-corrected chi connectivity index (χ4v) is 2.33. The molecule has 98 valence electrons. The number of nitrogens with one attached hydrogen (secondary N) is 1. The van der Waals surface area contributed by atoms with Crippen molar-refractivity contribution in [2.24, 2.45) is 0 Å². The molecule has 19 heavy (non-hydrogen) atoms. The summed E-state index contributed by atoms with van der Waals surface area (Å²) in [6.45, 7) is 1.74. The standard InChI is InChI=1S/C12H9NO5S/c1-6-4-8(12(16)17)11(19-6)13-10(15)7-2-3-9(14)18-5-7/h2-5H,1H3,(H,13,15)(H,16,17). The Bertz CT molecular complexity index is 680. The smallest absolute Gasteiger partial charge is 0.338 e. The number of carbonyl (C=O) groups is 2. The second kappa shape index (κ2) is 5.07. The summed E-state index contributed by atoms with van der Waals surface area (Å²) in [5, 5.41) is 11.7. The number of hydrogen-bond donors (Lipinski definition) is 2. The fourth-order valence-electron chi connectivity index (χ4n) is 1.43. The van der Waals surface area contributed by atoms with Gasteiger partial charge in [-0.15, -0.1) is 11.3 Å². The van der Waals surface area contributed by atoms with E-state index in [0.717, 1.165) is 28.5 Å². The van der Waals surface area contributed by atoms with Crippen molar-refractivity contribution in [2.75, 3.05) is 5.32 Å². The summed E-state index contributed by atoms with van der Waals surface area (Å²) >= 11 is 1.16. The number of aryl methyl sites for hydroxylation is 1. The molecule has 0 aromatic carbocycles. The van der Waals surface area contributed by atoms with Gasteiger partial charge < -0.3 is 14.8 Å². The van der Waals surface area contributed by atoms with E-state index in [-0.39, 0.29) is 16.1 Å². The summed E-state index contributed by atoms with van der Waals surface area (Å²) in [7, 11) is 0. The number of carboxylic acids is 1. The van der Waals surface area contributed by atoms with Crippen LogP contribution in [0.2, 0.25) is 0 Å². The Hall–Kier alpha value is -2.41. The predicted molar refractivity (Wildman–Crippen MR) is 68.9 cm³/mol. The summed E-state index contributed by atoms with van der Waals surface area (Å²) in [6, 6.07) is 3.91. The predicted octanol–water partition coefficient (Wildman–Crippen LogP) is 1.96. The first-order valence-corrected chi connectivity index (χ1v) is 6.03. The normalized spacial score (nSPS) is 10.2. The van der Waals surface area contributed by atoms with Crippen molar-refractivity contribution in [3.63, 3.8) is 0 Å². The average Bonchev–Trinajstić information content (AvgIpc) is 2.71. The summed E-state index contributed by atoms with van der Waals surface area (Å²) in [5.41, 5.74) is -0.384. The monoisotopic (exact) mass is 279 g/mol. The van der Waals surface area contributed by atoms with Crippen LogP contribution in [0.4, 0.5) is 5.00 Å². The Balaban J connectivity index is 2.26. The van der Waals surface area contributed by atoms with E-state index >= 15 is 0 Å². The van der Waals surface area contributed by atoms with Gasteiger partial charge in [-0.05, 0) is 19.1 Å². The van der Waals surface area contributed by atoms with Gasteiger partial charge in [0, 0.05) is 10.9 Å². The zero-order chi connectivity index (χ0) is 14.0. The molecular weight excluding hydrogens is 270 g/mol. The van der Waals surface area contributed by atoms with Gasteiger partial charge in [-0.2, -0.15) is 0 Å². The molecule has 0 aliphatic heterocycles. The Morgan fingerprint density at radius 3 is 2.68 bits per heavy atom. The molecule has 0 atom stereocenters. The molecule has 2 aromatic rings. The lowest BCUT2D eigenvalue weighted by molar-refractivity contribution is 0.0698. The van der Waals surface area contributed by atoms with Crippen LogP contribution in [0.1, 0.15) is 25.6 Å². The van der Waals surface area contributed by atoms with E-state index in [0.29, 0.717) is 0 Å². The zero-order valence-corrected chi connectivity index (χ0v) is 10.6. The number of hydrogen-bond acceptors (Lipinski definition) is 5. The molecule has 7 heteroatoms. The maximum Gasteiger partial charge on any atom is 0.338 e. The van der Waals surface area contributed by atoms with Crippen molar-refractivity contribution in [3.8, 4) is 0 Å². The molecule has 6 nitrogen and oxygen atoms in total. The van der Waals surface area contributed by atoms with Crippen LogP contribution < -0.4 is 10.9 Å². The number of carbonyl (C=O) groups excluding carboxylic acids is 1. The highest BCUT2D eigenvalue weighted by atomic mass is 32.1. The fraction of sp³-hybridized carbons (Fsp3) is 0.0833. The second-order valence-electron chi connectivity index (χ2n) is 3.70. The van der Waals surface area contributed by atoms with Crippen LogP contribution in [-0.4, -0.2) is 17.0 Å². The molecular formula is C12H9NO5S. The molecule has 0 spiro atoms. The Kier molecular flexibility index (Phi) is 3.48. The van der Waals surface area contributed by atoms with E-state index in [1.54, 1.807) is 6.92 Å². The van der Waals surface area contributed by atoms with Crippen molar-refractivity contribution in [3.05, 3.63) is 50.9 Å². The minimum Gasteiger partial charge on any atom is -0.478 e. The van der Waals surface area contributed by atoms with Crippen LogP contribution in [0.3, 0.4) is 0 Å². The Morgan fingerprint density at radius 1 is 1.37 bits per heavy atom. The SMILES string of the molecule is Cc1cc(C(=O)O)c(NC(=O)c2ccc(=O)oc2)s1. The van der Waals surface area contributed by atoms with Crippen LogP contribution in [-0.2, 0) is 0 Å². The number of anilines is 1. The lowest BCUT2D eigenvalue weighted by atomic mass is 10.2. The molecule has 0 bridgehead atoms. The topological polar surface area (TPSA) is 96.6 Å². The quantitative estimate of drug-likeness (QED) is 0.895. The van der Waals surface area contributed by atoms with E-state index < -0.39 is 17.5 Å². The third-order valence-corrected chi connectivity index (χ3v) is 3.24. The van der Waals surface area contributed by atoms with Gasteiger partial charge in [-0.25, -0.2) is 9.59 Å². The van der Waals surface area contributed by atoms with Crippen molar-refractivity contribution in [2.45, 2.75) is 6.92 Å². The maximum absolute atomic E-state index is 11.9. The zero-order valence-electron chi connectivity index (χ0n) is 9.80. The van der Waals surface area contributed by atoms with Gasteiger partial charge in [-0.1, -0.05) is 0 Å². The van der Waals surface area contributed by atoms with Crippen molar-refractivity contribution >= 4 is 28.2 Å². The third-order valence-electron chi connectivity index (χ3n) is 2.28. The molecule has 2 heterocycles. The molecule has 1 amide bonds. The highest BCUT2D eigenvalue weighted by Gasteiger charge is 2.16. The molecule has 0 saturated heterocycles. The van der Waals surface area contributed by atoms with Gasteiger partial charge in [0.25, 0.3) is 5.91 Å². The summed E-state index contributed by atoms with van der Waals surface area (Å²) in [4.78, 5) is 34.4. The van der Waals surface area contributed by atoms with E-state index in [1.807, 2.05) is 0 Å². The van der Waals surface area contributed by atoms with Gasteiger partial charge in [0.15, 0.2) is 0 Å². The Labute approximate surface area is 111 Å². The number of amides is 1. The average molecular weight is 279 g/mol. The van der Waals surface area contributed by atoms with Crippen molar-refractivity contribution < 1.29 is 19.1 Å². The van der Waals surface area contributed by atoms with Crippen LogP contribution >= 0.6 is 11.3 Å². The molecule has 0 fully saturated rings. The molecule has 2 N–H and O–H groups in total. The van der Waals surface area contributed by atoms with Crippen LogP contribution in [0.5, 0.6) is 0 Å². The number of thiophene rings is 1. The third kappa shape index (κ3) is 2.89. The van der Waals surface area contributed by atoms with Gasteiger partial charge in [-0.3, -0.25) is 4.79 Å². The molecule has 0 radical (unpaired) electrons. The first kappa shape index (κ1) is 13.0. The van der Waals surface area contributed by atoms with Gasteiger partial charge in [0.2, 0.25) is 0 Å². The molecule has 0 aliphatic rings. The highest BCUT2D eigenvalue weighted by molar-refractivity contribution is 7.16. The lowest BCUT2D eigenvalue weighted by Gasteiger charge is -2.03. The van der Waals surface area contributed by atoms with E-state index in [1.165, 1.54) is 12.1 Å². The molecule has 2 aromatic heterocycles. The summed E-state index contributed by atoms with van der Waals surface area (Å²) < 4.78 is 4.57. The first-order valence-electron chi connectivity index (χ1n) is 5.21. The van der Waals surface area contributed by atoms with E-state index in [4.69, 9.17) is 5.11 Å². The number of rotatable bonds is 3. The van der Waals surface area contributed by atoms with Crippen LogP contribution in [0.25, 0.3) is 0 Å². The maximum atomic E-state index is 11.9. The second-order valence-corrected chi connectivity index (χ2v) is 4.96. The van der Waals surface area contributed by atoms with Gasteiger partial charge in [0.05, 0.1) is 11.1 Å². The molecule has 0 aliphatic carbocycles.